The Kier molecular flexibility index (Phi) is 4.16. The van der Waals surface area contributed by atoms with Crippen LogP contribution in [0.25, 0.3) is 11.3 Å². The molecule has 9 heteroatoms. The molecule has 4 heterocycles. The second-order valence-corrected chi connectivity index (χ2v) is 7.40. The van der Waals surface area contributed by atoms with Crippen LogP contribution in [-0.2, 0) is 11.8 Å². The largest absolute Gasteiger partial charge is 0.441 e. The van der Waals surface area contributed by atoms with E-state index in [1.807, 2.05) is 14.0 Å². The quantitative estimate of drug-likeness (QED) is 0.797. The first-order valence-corrected chi connectivity index (χ1v) is 9.08. The maximum absolute atomic E-state index is 12.9. The molecule has 1 spiro atoms. The number of aromatic nitrogens is 3. The minimum absolute atomic E-state index is 0.165. The maximum Gasteiger partial charge on any atom is 0.410 e. The minimum atomic E-state index is -0.483. The van der Waals surface area contributed by atoms with Crippen molar-refractivity contribution in [2.75, 3.05) is 26.7 Å². The fourth-order valence-electron chi connectivity index (χ4n) is 3.83. The van der Waals surface area contributed by atoms with Gasteiger partial charge < -0.3 is 19.1 Å². The van der Waals surface area contributed by atoms with Gasteiger partial charge in [-0.15, -0.1) is 0 Å². The average molecular weight is 373 g/mol. The topological polar surface area (TPSA) is 93.7 Å². The van der Waals surface area contributed by atoms with E-state index in [1.165, 1.54) is 0 Å². The van der Waals surface area contributed by atoms with Crippen LogP contribution in [-0.4, -0.2) is 69.0 Å². The highest BCUT2D eigenvalue weighted by Crippen LogP contribution is 2.33. The molecule has 144 valence electrons. The monoisotopic (exact) mass is 373 g/mol. The summed E-state index contributed by atoms with van der Waals surface area (Å²) in [7, 11) is 3.59. The van der Waals surface area contributed by atoms with Gasteiger partial charge in [-0.25, -0.2) is 4.79 Å². The zero-order valence-electron chi connectivity index (χ0n) is 15.8. The molecule has 2 aromatic rings. The molecule has 0 N–H and O–H groups in total. The van der Waals surface area contributed by atoms with E-state index in [-0.39, 0.29) is 17.7 Å². The Balaban J connectivity index is 1.47. The molecule has 2 aliphatic heterocycles. The summed E-state index contributed by atoms with van der Waals surface area (Å²) in [6.45, 7) is 3.63. The number of nitrogens with zero attached hydrogens (tertiary/aromatic N) is 5. The number of rotatable bonds is 2. The summed E-state index contributed by atoms with van der Waals surface area (Å²) >= 11 is 0. The van der Waals surface area contributed by atoms with Crippen molar-refractivity contribution in [1.29, 1.82) is 0 Å². The molecule has 0 aliphatic carbocycles. The number of likely N-dealkylation sites (tertiary alicyclic amines) is 1. The number of aryl methyl sites for hydroxylation is 1. The summed E-state index contributed by atoms with van der Waals surface area (Å²) in [5, 5.41) is 8.15. The number of hydrogen-bond acceptors (Lipinski definition) is 6. The zero-order chi connectivity index (χ0) is 19.2. The first-order valence-electron chi connectivity index (χ1n) is 9.08. The average Bonchev–Trinajstić information content (AvgIpc) is 3.26. The number of carbonyl (C=O) groups is 2. The van der Waals surface area contributed by atoms with Gasteiger partial charge in [-0.1, -0.05) is 5.16 Å². The van der Waals surface area contributed by atoms with Gasteiger partial charge in [-0.05, 0) is 19.8 Å². The molecule has 27 heavy (non-hydrogen) atoms. The Morgan fingerprint density at radius 3 is 2.74 bits per heavy atom. The predicted molar refractivity (Wildman–Crippen MR) is 95.0 cm³/mol. The molecule has 0 aromatic carbocycles. The van der Waals surface area contributed by atoms with Crippen molar-refractivity contribution in [2.45, 2.75) is 31.8 Å². The van der Waals surface area contributed by atoms with Crippen LogP contribution < -0.4 is 0 Å². The van der Waals surface area contributed by atoms with Crippen molar-refractivity contribution < 1.29 is 18.8 Å². The van der Waals surface area contributed by atoms with Crippen molar-refractivity contribution in [1.82, 2.24) is 24.7 Å². The molecule has 0 unspecified atom stereocenters. The van der Waals surface area contributed by atoms with Crippen molar-refractivity contribution in [3.8, 4) is 11.3 Å². The number of ether oxygens (including phenoxy) is 1. The first kappa shape index (κ1) is 17.6. The van der Waals surface area contributed by atoms with Crippen LogP contribution in [0.5, 0.6) is 0 Å². The van der Waals surface area contributed by atoms with Crippen LogP contribution in [0.15, 0.2) is 16.8 Å². The van der Waals surface area contributed by atoms with Crippen LogP contribution in [0.2, 0.25) is 0 Å². The van der Waals surface area contributed by atoms with Crippen molar-refractivity contribution >= 4 is 12.0 Å². The Morgan fingerprint density at radius 1 is 1.26 bits per heavy atom. The normalized spacial score (nSPS) is 23.0. The fraction of sp³-hybridized carbons (Fsp3) is 0.556. The Morgan fingerprint density at radius 2 is 2.07 bits per heavy atom. The zero-order valence-corrected chi connectivity index (χ0v) is 15.8. The van der Waals surface area contributed by atoms with Gasteiger partial charge in [-0.3, -0.25) is 9.48 Å². The molecule has 4 rings (SSSR count). The third kappa shape index (κ3) is 3.07. The van der Waals surface area contributed by atoms with Gasteiger partial charge in [0.2, 0.25) is 0 Å². The summed E-state index contributed by atoms with van der Waals surface area (Å²) in [5.74, 6) is 0.364. The van der Waals surface area contributed by atoms with E-state index in [2.05, 4.69) is 10.3 Å². The van der Waals surface area contributed by atoms with E-state index in [9.17, 15) is 9.59 Å². The molecule has 0 radical (unpaired) electrons. The molecule has 1 atom stereocenters. The van der Waals surface area contributed by atoms with E-state index in [0.29, 0.717) is 31.8 Å². The molecule has 2 saturated heterocycles. The highest BCUT2D eigenvalue weighted by atomic mass is 16.6. The van der Waals surface area contributed by atoms with E-state index in [4.69, 9.17) is 9.26 Å². The lowest BCUT2D eigenvalue weighted by molar-refractivity contribution is 0.0438. The SMILES string of the molecule is Cc1c(-c2cc(C(=O)N3CCC[C@@]4(CC3)CN(C)C(=O)O4)no2)cnn1C. The molecule has 2 amide bonds. The first-order chi connectivity index (χ1) is 12.9. The molecule has 2 aliphatic rings. The molecule has 2 aromatic heterocycles. The third-order valence-electron chi connectivity index (χ3n) is 5.56. The van der Waals surface area contributed by atoms with Gasteiger partial charge >= 0.3 is 6.09 Å². The summed E-state index contributed by atoms with van der Waals surface area (Å²) in [6.07, 6.45) is 3.57. The van der Waals surface area contributed by atoms with Crippen LogP contribution >= 0.6 is 0 Å². The lowest BCUT2D eigenvalue weighted by Crippen LogP contribution is -2.36. The second kappa shape index (κ2) is 6.40. The van der Waals surface area contributed by atoms with Crippen LogP contribution in [0.4, 0.5) is 4.79 Å². The summed E-state index contributed by atoms with van der Waals surface area (Å²) < 4.78 is 12.7. The minimum Gasteiger partial charge on any atom is -0.441 e. The number of carbonyl (C=O) groups excluding carboxylic acids is 2. The Labute approximate surface area is 156 Å². The Hall–Kier alpha value is -2.84. The third-order valence-corrected chi connectivity index (χ3v) is 5.56. The van der Waals surface area contributed by atoms with E-state index in [0.717, 1.165) is 24.1 Å². The summed E-state index contributed by atoms with van der Waals surface area (Å²) in [5.41, 5.74) is 1.56. The van der Waals surface area contributed by atoms with Crippen LogP contribution in [0.3, 0.4) is 0 Å². The summed E-state index contributed by atoms with van der Waals surface area (Å²) in [6, 6.07) is 1.66. The lowest BCUT2D eigenvalue weighted by Gasteiger charge is -2.25. The van der Waals surface area contributed by atoms with Crippen molar-refractivity contribution in [3.63, 3.8) is 0 Å². The smallest absolute Gasteiger partial charge is 0.410 e. The van der Waals surface area contributed by atoms with Crippen LogP contribution in [0.1, 0.15) is 35.4 Å². The van der Waals surface area contributed by atoms with Gasteiger partial charge in [0.1, 0.15) is 5.60 Å². The van der Waals surface area contributed by atoms with Gasteiger partial charge in [0, 0.05) is 45.4 Å². The number of hydrogen-bond donors (Lipinski definition) is 0. The molecular formula is C18H23N5O4. The number of amides is 2. The van der Waals surface area contributed by atoms with Crippen molar-refractivity contribution in [2.24, 2.45) is 7.05 Å². The molecule has 0 bridgehead atoms. The van der Waals surface area contributed by atoms with Gasteiger partial charge in [0.05, 0.1) is 18.3 Å². The standard InChI is InChI=1S/C18H23N5O4/c1-12-13(10-19-22(12)3)15-9-14(20-27-15)16(24)23-7-4-5-18(6-8-23)11-21(2)17(25)26-18/h9-10H,4-8,11H2,1-3H3/t18-/m1/s1. The second-order valence-electron chi connectivity index (χ2n) is 7.40. The van der Waals surface area contributed by atoms with E-state index < -0.39 is 5.60 Å². The van der Waals surface area contributed by atoms with Gasteiger partial charge in [0.25, 0.3) is 5.91 Å². The summed E-state index contributed by atoms with van der Waals surface area (Å²) in [4.78, 5) is 28.0. The Bertz CT molecular complexity index is 888. The molecular weight excluding hydrogens is 350 g/mol. The molecule has 9 nitrogen and oxygen atoms in total. The van der Waals surface area contributed by atoms with Crippen molar-refractivity contribution in [3.05, 3.63) is 23.7 Å². The van der Waals surface area contributed by atoms with E-state index in [1.54, 1.807) is 33.8 Å². The molecule has 2 fully saturated rings. The predicted octanol–water partition coefficient (Wildman–Crippen LogP) is 1.83. The highest BCUT2D eigenvalue weighted by molar-refractivity contribution is 5.93. The van der Waals surface area contributed by atoms with Gasteiger partial charge in [0.15, 0.2) is 11.5 Å². The van der Waals surface area contributed by atoms with E-state index >= 15 is 0 Å². The molecule has 0 saturated carbocycles. The lowest BCUT2D eigenvalue weighted by atomic mass is 9.95. The van der Waals surface area contributed by atoms with Crippen LogP contribution in [0, 0.1) is 6.92 Å². The number of likely N-dealkylation sites (N-methyl/N-ethyl adjacent to an activating group) is 1. The van der Waals surface area contributed by atoms with Gasteiger partial charge in [-0.2, -0.15) is 5.10 Å². The highest BCUT2D eigenvalue weighted by Gasteiger charge is 2.44. The maximum atomic E-state index is 12.9. The fourth-order valence-corrected chi connectivity index (χ4v) is 3.83.